The molecule has 0 spiro atoms. The highest BCUT2D eigenvalue weighted by Crippen LogP contribution is 2.28. The molecule has 0 amide bonds. The molecule has 0 atom stereocenters. The number of hydrogen-bond donors (Lipinski definition) is 0. The van der Waals surface area contributed by atoms with Gasteiger partial charge in [-0.15, -0.1) is 0 Å². The Labute approximate surface area is 139 Å². The highest BCUT2D eigenvalue weighted by atomic mass is 35.5. The van der Waals surface area contributed by atoms with Gasteiger partial charge in [-0.2, -0.15) is 0 Å². The van der Waals surface area contributed by atoms with Crippen molar-refractivity contribution in [2.45, 2.75) is 0 Å². The summed E-state index contributed by atoms with van der Waals surface area (Å²) in [6, 6.07) is 22.2. The van der Waals surface area contributed by atoms with Crippen molar-refractivity contribution in [3.05, 3.63) is 84.1 Å². The van der Waals surface area contributed by atoms with Crippen LogP contribution in [0.25, 0.3) is 33.3 Å². The molecule has 4 rings (SSSR count). The number of benzene rings is 2. The Morgan fingerprint density at radius 1 is 0.696 bits per heavy atom. The normalized spacial score (nSPS) is 10.8. The minimum Gasteiger partial charge on any atom is -0.256 e. The molecule has 0 unspecified atom stereocenters. The average molecular weight is 317 g/mol. The summed E-state index contributed by atoms with van der Waals surface area (Å²) in [5, 5.41) is 1.67. The van der Waals surface area contributed by atoms with Crippen LogP contribution in [-0.2, 0) is 0 Å². The fraction of sp³-hybridized carbons (Fsp3) is 0. The summed E-state index contributed by atoms with van der Waals surface area (Å²) in [5.74, 6) is 0. The van der Waals surface area contributed by atoms with Gasteiger partial charge in [0, 0.05) is 28.9 Å². The molecular formula is C20H13ClN2. The van der Waals surface area contributed by atoms with E-state index < -0.39 is 0 Å². The van der Waals surface area contributed by atoms with Crippen LogP contribution in [0.3, 0.4) is 0 Å². The molecule has 0 N–H and O–H groups in total. The van der Waals surface area contributed by atoms with Crippen LogP contribution in [0.4, 0.5) is 0 Å². The van der Waals surface area contributed by atoms with Gasteiger partial charge in [0.25, 0.3) is 0 Å². The first-order valence-electron chi connectivity index (χ1n) is 7.37. The number of nitrogens with zero attached hydrogens (tertiary/aromatic N) is 2. The first-order valence-corrected chi connectivity index (χ1v) is 7.75. The molecule has 0 aliphatic heterocycles. The van der Waals surface area contributed by atoms with Crippen LogP contribution in [0.2, 0.25) is 5.02 Å². The van der Waals surface area contributed by atoms with Crippen LogP contribution in [-0.4, -0.2) is 9.97 Å². The van der Waals surface area contributed by atoms with Gasteiger partial charge in [0.15, 0.2) is 0 Å². The summed E-state index contributed by atoms with van der Waals surface area (Å²) >= 11 is 6.27. The first kappa shape index (κ1) is 13.9. The van der Waals surface area contributed by atoms with Crippen molar-refractivity contribution in [2.75, 3.05) is 0 Å². The monoisotopic (exact) mass is 316 g/mol. The van der Waals surface area contributed by atoms with Crippen molar-refractivity contribution in [1.29, 1.82) is 0 Å². The van der Waals surface area contributed by atoms with Gasteiger partial charge >= 0.3 is 0 Å². The number of halogens is 1. The van der Waals surface area contributed by atoms with Crippen molar-refractivity contribution in [3.63, 3.8) is 0 Å². The first-order chi connectivity index (χ1) is 11.3. The standard InChI is InChI=1S/C20H13ClN2/c21-18-10-11-22-20-9-6-15(12-17(18)20)16-7-8-19(23-13-16)14-4-2-1-3-5-14/h1-13H. The van der Waals surface area contributed by atoms with Crippen LogP contribution in [0, 0.1) is 0 Å². The zero-order chi connectivity index (χ0) is 15.6. The van der Waals surface area contributed by atoms with E-state index in [0.29, 0.717) is 5.02 Å². The second-order valence-electron chi connectivity index (χ2n) is 5.32. The van der Waals surface area contributed by atoms with E-state index in [9.17, 15) is 0 Å². The fourth-order valence-electron chi connectivity index (χ4n) is 2.64. The topological polar surface area (TPSA) is 25.8 Å². The van der Waals surface area contributed by atoms with E-state index in [2.05, 4.69) is 34.2 Å². The summed E-state index contributed by atoms with van der Waals surface area (Å²) in [6.07, 6.45) is 3.62. The molecule has 23 heavy (non-hydrogen) atoms. The van der Waals surface area contributed by atoms with Crippen LogP contribution in [0.5, 0.6) is 0 Å². The minimum atomic E-state index is 0.714. The molecule has 0 aliphatic rings. The summed E-state index contributed by atoms with van der Waals surface area (Å²) < 4.78 is 0. The van der Waals surface area contributed by atoms with E-state index in [1.165, 1.54) is 0 Å². The third-order valence-electron chi connectivity index (χ3n) is 3.85. The van der Waals surface area contributed by atoms with Crippen molar-refractivity contribution < 1.29 is 0 Å². The Kier molecular flexibility index (Phi) is 3.52. The second kappa shape index (κ2) is 5.82. The van der Waals surface area contributed by atoms with Crippen LogP contribution >= 0.6 is 11.6 Å². The van der Waals surface area contributed by atoms with E-state index in [0.717, 1.165) is 33.3 Å². The predicted molar refractivity (Wildman–Crippen MR) is 95.4 cm³/mol. The smallest absolute Gasteiger partial charge is 0.0717 e. The molecule has 0 aliphatic carbocycles. The lowest BCUT2D eigenvalue weighted by Crippen LogP contribution is -1.86. The molecule has 0 saturated heterocycles. The number of pyridine rings is 2. The average Bonchev–Trinajstić information content (AvgIpc) is 2.63. The second-order valence-corrected chi connectivity index (χ2v) is 5.73. The molecule has 0 saturated carbocycles. The molecule has 2 heterocycles. The fourth-order valence-corrected chi connectivity index (χ4v) is 2.84. The van der Waals surface area contributed by atoms with Gasteiger partial charge in [-0.05, 0) is 29.8 Å². The highest BCUT2D eigenvalue weighted by Gasteiger charge is 2.05. The zero-order valence-electron chi connectivity index (χ0n) is 12.3. The Morgan fingerprint density at radius 2 is 1.52 bits per heavy atom. The maximum atomic E-state index is 6.27. The maximum Gasteiger partial charge on any atom is 0.0717 e. The van der Waals surface area contributed by atoms with Crippen molar-refractivity contribution in [1.82, 2.24) is 9.97 Å². The third kappa shape index (κ3) is 2.69. The molecule has 3 heteroatoms. The van der Waals surface area contributed by atoms with E-state index in [1.54, 1.807) is 6.20 Å². The predicted octanol–water partition coefficient (Wildman–Crippen LogP) is 5.62. The SMILES string of the molecule is Clc1ccnc2ccc(-c3ccc(-c4ccccc4)nc3)cc12. The number of rotatable bonds is 2. The zero-order valence-corrected chi connectivity index (χ0v) is 13.0. The van der Waals surface area contributed by atoms with Crippen LogP contribution in [0.1, 0.15) is 0 Å². The lowest BCUT2D eigenvalue weighted by Gasteiger charge is -2.06. The summed E-state index contributed by atoms with van der Waals surface area (Å²) in [6.45, 7) is 0. The Hall–Kier alpha value is -2.71. The molecular weight excluding hydrogens is 304 g/mol. The lowest BCUT2D eigenvalue weighted by atomic mass is 10.0. The van der Waals surface area contributed by atoms with Gasteiger partial charge in [-0.25, -0.2) is 0 Å². The summed E-state index contributed by atoms with van der Waals surface area (Å²) in [4.78, 5) is 8.91. The van der Waals surface area contributed by atoms with Gasteiger partial charge in [0.05, 0.1) is 16.2 Å². The number of fused-ring (bicyclic) bond motifs is 1. The van der Waals surface area contributed by atoms with E-state index in [4.69, 9.17) is 11.6 Å². The Bertz CT molecular complexity index is 964. The lowest BCUT2D eigenvalue weighted by molar-refractivity contribution is 1.32. The van der Waals surface area contributed by atoms with E-state index in [1.807, 2.05) is 48.7 Å². The van der Waals surface area contributed by atoms with Crippen LogP contribution < -0.4 is 0 Å². The number of hydrogen-bond acceptors (Lipinski definition) is 2. The third-order valence-corrected chi connectivity index (χ3v) is 4.18. The van der Waals surface area contributed by atoms with Gasteiger partial charge in [0.2, 0.25) is 0 Å². The molecule has 4 aromatic rings. The van der Waals surface area contributed by atoms with Gasteiger partial charge < -0.3 is 0 Å². The molecule has 0 fully saturated rings. The molecule has 110 valence electrons. The summed E-state index contributed by atoms with van der Waals surface area (Å²) in [5.41, 5.74) is 5.13. The van der Waals surface area contributed by atoms with Gasteiger partial charge in [-0.1, -0.05) is 54.1 Å². The Balaban J connectivity index is 1.75. The maximum absolute atomic E-state index is 6.27. The molecule has 2 nitrogen and oxygen atoms in total. The van der Waals surface area contributed by atoms with Crippen LogP contribution in [0.15, 0.2) is 79.1 Å². The largest absolute Gasteiger partial charge is 0.256 e. The summed E-state index contributed by atoms with van der Waals surface area (Å²) in [7, 11) is 0. The van der Waals surface area contributed by atoms with Crippen molar-refractivity contribution in [3.8, 4) is 22.4 Å². The molecule has 2 aromatic heterocycles. The molecule has 2 aromatic carbocycles. The Morgan fingerprint density at radius 3 is 2.30 bits per heavy atom. The number of aromatic nitrogens is 2. The van der Waals surface area contributed by atoms with E-state index in [-0.39, 0.29) is 0 Å². The van der Waals surface area contributed by atoms with Gasteiger partial charge in [-0.3, -0.25) is 9.97 Å². The van der Waals surface area contributed by atoms with E-state index >= 15 is 0 Å². The van der Waals surface area contributed by atoms with Crippen molar-refractivity contribution in [2.24, 2.45) is 0 Å². The highest BCUT2D eigenvalue weighted by molar-refractivity contribution is 6.35. The van der Waals surface area contributed by atoms with Crippen molar-refractivity contribution >= 4 is 22.5 Å². The quantitative estimate of drug-likeness (QED) is 0.480. The van der Waals surface area contributed by atoms with Gasteiger partial charge in [0.1, 0.15) is 0 Å². The molecule has 0 bridgehead atoms. The molecule has 0 radical (unpaired) electrons. The minimum absolute atomic E-state index is 0.714.